The van der Waals surface area contributed by atoms with Gasteiger partial charge in [0.05, 0.1) is 12.4 Å². The molecule has 0 bridgehead atoms. The molecule has 3 N–H and O–H groups in total. The lowest BCUT2D eigenvalue weighted by Crippen LogP contribution is -2.27. The lowest BCUT2D eigenvalue weighted by Gasteiger charge is -2.14. The van der Waals surface area contributed by atoms with Gasteiger partial charge in [-0.15, -0.1) is 0 Å². The van der Waals surface area contributed by atoms with Crippen molar-refractivity contribution in [2.24, 2.45) is 5.73 Å². The van der Waals surface area contributed by atoms with Crippen molar-refractivity contribution in [3.63, 3.8) is 0 Å². The molecule has 1 atom stereocenters. The lowest BCUT2D eigenvalue weighted by molar-refractivity contribution is 0.0935. The summed E-state index contributed by atoms with van der Waals surface area (Å²) >= 11 is 0. The minimum atomic E-state index is -0.169. The van der Waals surface area contributed by atoms with Crippen molar-refractivity contribution >= 4 is 5.91 Å². The molecule has 1 aromatic carbocycles. The quantitative estimate of drug-likeness (QED) is 0.851. The Hall–Kier alpha value is -2.14. The molecule has 0 aliphatic heterocycles. The van der Waals surface area contributed by atoms with Gasteiger partial charge in [0.15, 0.2) is 0 Å². The van der Waals surface area contributed by atoms with Gasteiger partial charge in [-0.3, -0.25) is 4.79 Å². The number of imidazole rings is 1. The molecular weight excluding hydrogens is 264 g/mol. The van der Waals surface area contributed by atoms with E-state index in [1.54, 1.807) is 12.5 Å². The Morgan fingerprint density at radius 3 is 2.71 bits per heavy atom. The Labute approximate surface area is 125 Å². The van der Waals surface area contributed by atoms with Crippen LogP contribution in [0.15, 0.2) is 36.8 Å². The molecule has 2 aromatic rings. The highest BCUT2D eigenvalue weighted by atomic mass is 16.1. The Morgan fingerprint density at radius 1 is 1.38 bits per heavy atom. The number of benzene rings is 1. The Kier molecular flexibility index (Phi) is 5.11. The van der Waals surface area contributed by atoms with E-state index in [9.17, 15) is 4.79 Å². The number of carbonyl (C=O) groups excluding carboxylic acids is 1. The number of nitrogens with one attached hydrogen (secondary N) is 1. The Bertz CT molecular complexity index is 589. The van der Waals surface area contributed by atoms with Crippen LogP contribution in [0.25, 0.3) is 0 Å². The van der Waals surface area contributed by atoms with Crippen molar-refractivity contribution in [2.75, 3.05) is 6.54 Å². The fourth-order valence-electron chi connectivity index (χ4n) is 2.14. The number of carbonyl (C=O) groups is 1. The molecular formula is C16H22N4O. The highest BCUT2D eigenvalue weighted by Crippen LogP contribution is 2.14. The summed E-state index contributed by atoms with van der Waals surface area (Å²) in [6, 6.07) is 8.23. The predicted octanol–water partition coefficient (Wildman–Crippen LogP) is 1.90. The number of amides is 1. The molecule has 5 nitrogen and oxygen atoms in total. The maximum absolute atomic E-state index is 12.2. The monoisotopic (exact) mass is 286 g/mol. The van der Waals surface area contributed by atoms with Gasteiger partial charge in [-0.05, 0) is 24.5 Å². The molecule has 21 heavy (non-hydrogen) atoms. The van der Waals surface area contributed by atoms with Crippen LogP contribution in [0.2, 0.25) is 0 Å². The van der Waals surface area contributed by atoms with Gasteiger partial charge in [0.1, 0.15) is 5.69 Å². The molecule has 0 radical (unpaired) electrons. The van der Waals surface area contributed by atoms with E-state index in [0.29, 0.717) is 18.8 Å². The maximum Gasteiger partial charge on any atom is 0.271 e. The highest BCUT2D eigenvalue weighted by molar-refractivity contribution is 5.92. The van der Waals surface area contributed by atoms with Crippen LogP contribution in [-0.4, -0.2) is 22.0 Å². The zero-order chi connectivity index (χ0) is 15.2. The summed E-state index contributed by atoms with van der Waals surface area (Å²) in [6.45, 7) is 5.28. The van der Waals surface area contributed by atoms with Gasteiger partial charge in [0.2, 0.25) is 0 Å². The zero-order valence-electron chi connectivity index (χ0n) is 12.5. The van der Waals surface area contributed by atoms with Crippen LogP contribution < -0.4 is 11.1 Å². The van der Waals surface area contributed by atoms with Crippen LogP contribution in [-0.2, 0) is 13.0 Å². The molecule has 112 valence electrons. The van der Waals surface area contributed by atoms with Crippen LogP contribution in [0.4, 0.5) is 0 Å². The average Bonchev–Trinajstić information content (AvgIpc) is 2.96. The van der Waals surface area contributed by atoms with Gasteiger partial charge < -0.3 is 15.6 Å². The van der Waals surface area contributed by atoms with E-state index in [2.05, 4.69) is 41.5 Å². The number of aryl methyl sites for hydroxylation is 1. The van der Waals surface area contributed by atoms with Gasteiger partial charge in [-0.2, -0.15) is 0 Å². The lowest BCUT2D eigenvalue weighted by atomic mass is 10.0. The van der Waals surface area contributed by atoms with Gasteiger partial charge in [-0.1, -0.05) is 31.2 Å². The molecule has 1 unspecified atom stereocenters. The van der Waals surface area contributed by atoms with Gasteiger partial charge >= 0.3 is 0 Å². The largest absolute Gasteiger partial charge is 0.344 e. The Morgan fingerprint density at radius 2 is 2.10 bits per heavy atom. The summed E-state index contributed by atoms with van der Waals surface area (Å²) in [7, 11) is 0. The van der Waals surface area contributed by atoms with Crippen LogP contribution in [0.1, 0.15) is 41.5 Å². The van der Waals surface area contributed by atoms with Crippen LogP contribution in [0.3, 0.4) is 0 Å². The van der Waals surface area contributed by atoms with Crippen molar-refractivity contribution < 1.29 is 4.79 Å². The number of aromatic nitrogens is 2. The summed E-state index contributed by atoms with van der Waals surface area (Å²) in [5.41, 5.74) is 8.27. The molecule has 1 aromatic heterocycles. The van der Waals surface area contributed by atoms with E-state index in [-0.39, 0.29) is 11.9 Å². The minimum Gasteiger partial charge on any atom is -0.344 e. The molecule has 0 aliphatic rings. The normalized spacial score (nSPS) is 12.1. The Balaban J connectivity index is 1.99. The third kappa shape index (κ3) is 3.92. The summed E-state index contributed by atoms with van der Waals surface area (Å²) in [4.78, 5) is 16.3. The molecule has 2 rings (SSSR count). The molecule has 0 spiro atoms. The second-order valence-corrected chi connectivity index (χ2v) is 5.08. The van der Waals surface area contributed by atoms with E-state index in [1.807, 2.05) is 11.5 Å². The molecule has 0 fully saturated rings. The van der Waals surface area contributed by atoms with E-state index >= 15 is 0 Å². The zero-order valence-corrected chi connectivity index (χ0v) is 12.5. The first-order valence-corrected chi connectivity index (χ1v) is 7.25. The number of nitrogens with zero attached hydrogens (tertiary/aromatic N) is 2. The molecule has 1 amide bonds. The van der Waals surface area contributed by atoms with Crippen LogP contribution in [0, 0.1) is 0 Å². The van der Waals surface area contributed by atoms with E-state index in [4.69, 9.17) is 5.73 Å². The number of hydrogen-bond donors (Lipinski definition) is 2. The van der Waals surface area contributed by atoms with Crippen molar-refractivity contribution in [2.45, 2.75) is 32.9 Å². The first-order chi connectivity index (χ1) is 10.1. The first-order valence-electron chi connectivity index (χ1n) is 7.25. The topological polar surface area (TPSA) is 72.9 Å². The standard InChI is InChI=1S/C16H22N4O/c1-3-13-4-6-14(7-5-13)12(2)19-16(21)15-10-20(9-8-17)11-18-15/h4-7,10-12H,3,8-9,17H2,1-2H3,(H,19,21). The predicted molar refractivity (Wildman–Crippen MR) is 83.0 cm³/mol. The molecule has 0 saturated carbocycles. The minimum absolute atomic E-state index is 0.0527. The summed E-state index contributed by atoms with van der Waals surface area (Å²) < 4.78 is 1.82. The van der Waals surface area contributed by atoms with Crippen molar-refractivity contribution in [3.8, 4) is 0 Å². The van der Waals surface area contributed by atoms with Gasteiger partial charge in [0.25, 0.3) is 5.91 Å². The second-order valence-electron chi connectivity index (χ2n) is 5.08. The molecule has 0 saturated heterocycles. The van der Waals surface area contributed by atoms with E-state index in [1.165, 1.54) is 5.56 Å². The summed E-state index contributed by atoms with van der Waals surface area (Å²) in [5, 5.41) is 2.96. The van der Waals surface area contributed by atoms with E-state index < -0.39 is 0 Å². The highest BCUT2D eigenvalue weighted by Gasteiger charge is 2.13. The molecule has 5 heteroatoms. The smallest absolute Gasteiger partial charge is 0.271 e. The summed E-state index contributed by atoms with van der Waals surface area (Å²) in [5.74, 6) is -0.169. The third-order valence-corrected chi connectivity index (χ3v) is 3.49. The van der Waals surface area contributed by atoms with Gasteiger partial charge in [0, 0.05) is 19.3 Å². The second kappa shape index (κ2) is 7.04. The van der Waals surface area contributed by atoms with Crippen LogP contribution in [0.5, 0.6) is 0 Å². The van der Waals surface area contributed by atoms with Crippen molar-refractivity contribution in [1.29, 1.82) is 0 Å². The number of rotatable bonds is 6. The number of nitrogens with two attached hydrogens (primary N) is 1. The maximum atomic E-state index is 12.2. The van der Waals surface area contributed by atoms with E-state index in [0.717, 1.165) is 12.0 Å². The van der Waals surface area contributed by atoms with Gasteiger partial charge in [-0.25, -0.2) is 4.98 Å². The third-order valence-electron chi connectivity index (χ3n) is 3.49. The number of hydrogen-bond acceptors (Lipinski definition) is 3. The fourth-order valence-corrected chi connectivity index (χ4v) is 2.14. The van der Waals surface area contributed by atoms with Crippen molar-refractivity contribution in [3.05, 3.63) is 53.6 Å². The first kappa shape index (κ1) is 15.3. The molecule has 0 aliphatic carbocycles. The van der Waals surface area contributed by atoms with Crippen molar-refractivity contribution in [1.82, 2.24) is 14.9 Å². The SMILES string of the molecule is CCc1ccc(C(C)NC(=O)c2cn(CCN)cn2)cc1. The summed E-state index contributed by atoms with van der Waals surface area (Å²) in [6.07, 6.45) is 4.36. The average molecular weight is 286 g/mol. The fraction of sp³-hybridized carbons (Fsp3) is 0.375. The van der Waals surface area contributed by atoms with Crippen LogP contribution >= 0.6 is 0 Å². The molecule has 1 heterocycles.